The molecular weight excluding hydrogens is 369 g/mol. The number of hydrogen-bond acceptors (Lipinski definition) is 3. The van der Waals surface area contributed by atoms with Gasteiger partial charge >= 0.3 is 0 Å². The predicted octanol–water partition coefficient (Wildman–Crippen LogP) is 2.70. The molecule has 0 radical (unpaired) electrons. The first-order chi connectivity index (χ1) is 12.6. The minimum Gasteiger partial charge on any atom is -0.341 e. The van der Waals surface area contributed by atoms with Gasteiger partial charge in [0.05, 0.1) is 0 Å². The van der Waals surface area contributed by atoms with E-state index in [1.165, 1.54) is 24.3 Å². The van der Waals surface area contributed by atoms with Gasteiger partial charge in [0.1, 0.15) is 5.82 Å². The van der Waals surface area contributed by atoms with Crippen LogP contribution < -0.4 is 5.32 Å². The Hall–Kier alpha value is -1.66. The Morgan fingerprint density at radius 3 is 2.33 bits per heavy atom. The van der Waals surface area contributed by atoms with Crippen molar-refractivity contribution in [2.24, 2.45) is 5.92 Å². The summed E-state index contributed by atoms with van der Waals surface area (Å²) in [5.41, 5.74) is 0.497. The molecule has 2 aliphatic rings. The molecule has 27 heavy (non-hydrogen) atoms. The first kappa shape index (κ1) is 21.6. The van der Waals surface area contributed by atoms with Gasteiger partial charge in [0.2, 0.25) is 5.91 Å². The smallest absolute Gasteiger partial charge is 0.253 e. The first-order valence-electron chi connectivity index (χ1n) is 9.67. The number of carbonyl (C=O) groups excluding carboxylic acids is 2. The molecule has 0 atom stereocenters. The van der Waals surface area contributed by atoms with Crippen LogP contribution in [0.1, 0.15) is 42.5 Å². The van der Waals surface area contributed by atoms with E-state index in [2.05, 4.69) is 5.32 Å². The molecule has 2 amide bonds. The number of amides is 2. The second kappa shape index (κ2) is 10.6. The molecule has 0 unspecified atom stereocenters. The predicted molar refractivity (Wildman–Crippen MR) is 106 cm³/mol. The Morgan fingerprint density at radius 1 is 1.00 bits per heavy atom. The molecular formula is C20H29ClFN3O2. The molecule has 2 aliphatic heterocycles. The summed E-state index contributed by atoms with van der Waals surface area (Å²) >= 11 is 0. The topological polar surface area (TPSA) is 52.7 Å². The van der Waals surface area contributed by atoms with E-state index in [9.17, 15) is 14.0 Å². The van der Waals surface area contributed by atoms with Crippen LogP contribution in [0.3, 0.4) is 0 Å². The van der Waals surface area contributed by atoms with Crippen molar-refractivity contribution in [3.63, 3.8) is 0 Å². The third-order valence-corrected chi connectivity index (χ3v) is 5.45. The molecule has 0 spiro atoms. The van der Waals surface area contributed by atoms with Crippen LogP contribution >= 0.6 is 12.4 Å². The lowest BCUT2D eigenvalue weighted by atomic mass is 9.93. The summed E-state index contributed by atoms with van der Waals surface area (Å²) < 4.78 is 13.0. The van der Waals surface area contributed by atoms with Crippen molar-refractivity contribution < 1.29 is 14.0 Å². The molecule has 2 saturated heterocycles. The van der Waals surface area contributed by atoms with Crippen LogP contribution in [0.5, 0.6) is 0 Å². The molecule has 5 nitrogen and oxygen atoms in total. The van der Waals surface area contributed by atoms with Crippen LogP contribution in [0.2, 0.25) is 0 Å². The van der Waals surface area contributed by atoms with Crippen LogP contribution in [0.25, 0.3) is 0 Å². The van der Waals surface area contributed by atoms with Gasteiger partial charge < -0.3 is 15.1 Å². The number of benzene rings is 1. The van der Waals surface area contributed by atoms with Crippen LogP contribution in [-0.4, -0.2) is 60.9 Å². The Morgan fingerprint density at radius 2 is 1.63 bits per heavy atom. The Kier molecular flexibility index (Phi) is 8.51. The normalized spacial score (nSPS) is 18.6. The van der Waals surface area contributed by atoms with Crippen molar-refractivity contribution >= 4 is 24.2 Å². The van der Waals surface area contributed by atoms with Gasteiger partial charge in [-0.25, -0.2) is 4.39 Å². The van der Waals surface area contributed by atoms with Crippen molar-refractivity contribution in [2.45, 2.75) is 32.1 Å². The van der Waals surface area contributed by atoms with Crippen LogP contribution in [0.15, 0.2) is 24.3 Å². The number of carbonyl (C=O) groups is 2. The summed E-state index contributed by atoms with van der Waals surface area (Å²) in [6.45, 7) is 4.58. The number of piperidine rings is 1. The fourth-order valence-corrected chi connectivity index (χ4v) is 3.80. The molecule has 150 valence electrons. The number of rotatable bonds is 4. The van der Waals surface area contributed by atoms with E-state index < -0.39 is 0 Å². The highest BCUT2D eigenvalue weighted by molar-refractivity contribution is 5.94. The minimum atomic E-state index is -0.345. The average Bonchev–Trinajstić information content (AvgIpc) is 2.93. The average molecular weight is 398 g/mol. The maximum Gasteiger partial charge on any atom is 0.253 e. The van der Waals surface area contributed by atoms with Gasteiger partial charge in [0, 0.05) is 38.2 Å². The zero-order valence-electron chi connectivity index (χ0n) is 15.7. The number of hydrogen-bond donors (Lipinski definition) is 1. The maximum absolute atomic E-state index is 13.0. The molecule has 1 aromatic carbocycles. The second-order valence-corrected chi connectivity index (χ2v) is 7.27. The van der Waals surface area contributed by atoms with Crippen molar-refractivity contribution in [2.75, 3.05) is 39.3 Å². The van der Waals surface area contributed by atoms with Gasteiger partial charge in [-0.1, -0.05) is 0 Å². The van der Waals surface area contributed by atoms with E-state index in [0.29, 0.717) is 44.1 Å². The summed E-state index contributed by atoms with van der Waals surface area (Å²) in [6, 6.07) is 5.65. The fraction of sp³-hybridized carbons (Fsp3) is 0.600. The molecule has 0 aliphatic carbocycles. The summed E-state index contributed by atoms with van der Waals surface area (Å²) in [7, 11) is 0. The van der Waals surface area contributed by atoms with Gasteiger partial charge in [-0.05, 0) is 69.0 Å². The van der Waals surface area contributed by atoms with Gasteiger partial charge in [0.15, 0.2) is 0 Å². The summed E-state index contributed by atoms with van der Waals surface area (Å²) in [5, 5.41) is 3.35. The zero-order valence-corrected chi connectivity index (χ0v) is 16.5. The molecule has 2 heterocycles. The Balaban J connectivity index is 0.00000261. The largest absolute Gasteiger partial charge is 0.341 e. The van der Waals surface area contributed by atoms with Gasteiger partial charge in [-0.3, -0.25) is 9.59 Å². The van der Waals surface area contributed by atoms with E-state index in [4.69, 9.17) is 0 Å². The lowest BCUT2D eigenvalue weighted by Gasteiger charge is -2.25. The van der Waals surface area contributed by atoms with Crippen molar-refractivity contribution in [1.82, 2.24) is 15.1 Å². The zero-order chi connectivity index (χ0) is 18.4. The molecule has 1 aromatic rings. The summed E-state index contributed by atoms with van der Waals surface area (Å²) in [5.74, 6) is 0.431. The monoisotopic (exact) mass is 397 g/mol. The Labute approximate surface area is 166 Å². The molecule has 0 saturated carbocycles. The van der Waals surface area contributed by atoms with Crippen LogP contribution in [-0.2, 0) is 4.79 Å². The molecule has 2 fully saturated rings. The number of nitrogens with one attached hydrogen (secondary N) is 1. The van der Waals surface area contributed by atoms with Crippen molar-refractivity contribution in [1.29, 1.82) is 0 Å². The van der Waals surface area contributed by atoms with E-state index in [1.807, 2.05) is 4.90 Å². The van der Waals surface area contributed by atoms with Crippen LogP contribution in [0, 0.1) is 11.7 Å². The van der Waals surface area contributed by atoms with E-state index in [1.54, 1.807) is 4.90 Å². The highest BCUT2D eigenvalue weighted by atomic mass is 35.5. The fourth-order valence-electron chi connectivity index (χ4n) is 3.80. The molecule has 1 N–H and O–H groups in total. The molecule has 3 rings (SSSR count). The molecule has 0 bridgehead atoms. The molecule has 7 heteroatoms. The quantitative estimate of drug-likeness (QED) is 0.849. The first-order valence-corrected chi connectivity index (χ1v) is 9.67. The third kappa shape index (κ3) is 6.18. The van der Waals surface area contributed by atoms with Crippen LogP contribution in [0.4, 0.5) is 4.39 Å². The third-order valence-electron chi connectivity index (χ3n) is 5.45. The lowest BCUT2D eigenvalue weighted by Crippen LogP contribution is -2.37. The lowest BCUT2D eigenvalue weighted by molar-refractivity contribution is -0.131. The van der Waals surface area contributed by atoms with Crippen molar-refractivity contribution in [3.05, 3.63) is 35.6 Å². The highest BCUT2D eigenvalue weighted by Gasteiger charge is 2.23. The van der Waals surface area contributed by atoms with E-state index in [0.717, 1.165) is 38.8 Å². The second-order valence-electron chi connectivity index (χ2n) is 7.27. The molecule has 0 aromatic heterocycles. The SMILES string of the molecule is Cl.O=C(CCC1CCNCC1)N1CCCN(C(=O)c2ccc(F)cc2)CC1. The van der Waals surface area contributed by atoms with Crippen molar-refractivity contribution in [3.8, 4) is 0 Å². The minimum absolute atomic E-state index is 0. The van der Waals surface area contributed by atoms with E-state index in [-0.39, 0.29) is 30.0 Å². The number of nitrogens with zero attached hydrogens (tertiary/aromatic N) is 2. The maximum atomic E-state index is 13.0. The number of halogens is 2. The van der Waals surface area contributed by atoms with E-state index >= 15 is 0 Å². The highest BCUT2D eigenvalue weighted by Crippen LogP contribution is 2.19. The summed E-state index contributed by atoms with van der Waals surface area (Å²) in [4.78, 5) is 28.8. The van der Waals surface area contributed by atoms with Gasteiger partial charge in [-0.15, -0.1) is 12.4 Å². The van der Waals surface area contributed by atoms with Gasteiger partial charge in [-0.2, -0.15) is 0 Å². The van der Waals surface area contributed by atoms with Gasteiger partial charge in [0.25, 0.3) is 5.91 Å². The standard InChI is InChI=1S/C20H28FN3O2.ClH/c21-18-5-3-17(4-6-18)20(26)24-13-1-12-23(14-15-24)19(25)7-2-16-8-10-22-11-9-16;/h3-6,16,22H,1-2,7-15H2;1H. The summed E-state index contributed by atoms with van der Waals surface area (Å²) in [6.07, 6.45) is 4.68. The Bertz CT molecular complexity index is 620.